The fraction of sp³-hybridized carbons (Fsp3) is 0.474. The fourth-order valence-electron chi connectivity index (χ4n) is 3.53. The molecule has 1 amide bonds. The van der Waals surface area contributed by atoms with Gasteiger partial charge in [0.1, 0.15) is 0 Å². The zero-order valence-corrected chi connectivity index (χ0v) is 19.0. The zero-order chi connectivity index (χ0) is 21.3. The lowest BCUT2D eigenvalue weighted by molar-refractivity contribution is -0.132. The molecule has 158 valence electrons. The zero-order valence-electron chi connectivity index (χ0n) is 16.7. The van der Waals surface area contributed by atoms with Crippen LogP contribution < -0.4 is 0 Å². The summed E-state index contributed by atoms with van der Waals surface area (Å²) in [6, 6.07) is 4.27. The minimum Gasteiger partial charge on any atom is -0.340 e. The summed E-state index contributed by atoms with van der Waals surface area (Å²) in [6.07, 6.45) is 1.01. The van der Waals surface area contributed by atoms with Crippen molar-refractivity contribution in [3.8, 4) is 0 Å². The van der Waals surface area contributed by atoms with Gasteiger partial charge in [-0.3, -0.25) is 9.48 Å². The number of nitrogens with zero attached hydrogens (tertiary/aromatic N) is 4. The Bertz CT molecular complexity index is 1030. The van der Waals surface area contributed by atoms with Gasteiger partial charge in [0.2, 0.25) is 15.9 Å². The fourth-order valence-corrected chi connectivity index (χ4v) is 5.35. The Morgan fingerprint density at radius 2 is 1.76 bits per heavy atom. The summed E-state index contributed by atoms with van der Waals surface area (Å²) in [5.41, 5.74) is 3.10. The van der Waals surface area contributed by atoms with Gasteiger partial charge in [0.05, 0.1) is 20.6 Å². The van der Waals surface area contributed by atoms with Crippen LogP contribution in [0.3, 0.4) is 0 Å². The minimum absolute atomic E-state index is 0.0271. The highest BCUT2D eigenvalue weighted by molar-refractivity contribution is 7.89. The van der Waals surface area contributed by atoms with Crippen molar-refractivity contribution >= 4 is 39.1 Å². The third kappa shape index (κ3) is 4.60. The highest BCUT2D eigenvalue weighted by atomic mass is 35.5. The average molecular weight is 459 g/mol. The molecule has 1 aromatic heterocycles. The van der Waals surface area contributed by atoms with Crippen LogP contribution in [-0.4, -0.2) is 59.5 Å². The third-order valence-corrected chi connectivity index (χ3v) is 8.00. The van der Waals surface area contributed by atoms with Gasteiger partial charge < -0.3 is 4.90 Å². The Balaban J connectivity index is 1.59. The van der Waals surface area contributed by atoms with Crippen molar-refractivity contribution < 1.29 is 13.2 Å². The van der Waals surface area contributed by atoms with E-state index in [-0.39, 0.29) is 28.9 Å². The third-order valence-electron chi connectivity index (χ3n) is 5.37. The Hall–Kier alpha value is -1.61. The van der Waals surface area contributed by atoms with E-state index < -0.39 is 10.0 Å². The average Bonchev–Trinajstić information content (AvgIpc) is 2.93. The molecule has 2 aromatic rings. The molecule has 0 aliphatic carbocycles. The van der Waals surface area contributed by atoms with E-state index in [2.05, 4.69) is 5.10 Å². The first kappa shape index (κ1) is 22.1. The standard InChI is InChI=1S/C19H24Cl2N4O3S/c1-13-16(14(2)23(3)22-13)5-7-19(26)24-8-10-25(11-9-24)29(27,28)15-4-6-17(20)18(21)12-15/h4,6,12H,5,7-11H2,1-3H3. The molecule has 0 N–H and O–H groups in total. The van der Waals surface area contributed by atoms with Crippen molar-refractivity contribution in [2.75, 3.05) is 26.2 Å². The highest BCUT2D eigenvalue weighted by Gasteiger charge is 2.30. The molecule has 2 heterocycles. The van der Waals surface area contributed by atoms with Gasteiger partial charge in [-0.15, -0.1) is 0 Å². The van der Waals surface area contributed by atoms with Gasteiger partial charge in [0.15, 0.2) is 0 Å². The molecule has 0 atom stereocenters. The van der Waals surface area contributed by atoms with Crippen LogP contribution >= 0.6 is 23.2 Å². The topological polar surface area (TPSA) is 75.5 Å². The van der Waals surface area contributed by atoms with Gasteiger partial charge in [-0.2, -0.15) is 9.40 Å². The van der Waals surface area contributed by atoms with Crippen LogP contribution in [0.15, 0.2) is 23.1 Å². The molecule has 29 heavy (non-hydrogen) atoms. The number of aryl methyl sites for hydroxylation is 2. The monoisotopic (exact) mass is 458 g/mol. The molecule has 0 bridgehead atoms. The van der Waals surface area contributed by atoms with Crippen molar-refractivity contribution in [3.63, 3.8) is 0 Å². The molecule has 1 saturated heterocycles. The lowest BCUT2D eigenvalue weighted by atomic mass is 10.1. The predicted octanol–water partition coefficient (Wildman–Crippen LogP) is 2.81. The summed E-state index contributed by atoms with van der Waals surface area (Å²) in [6.45, 7) is 5.17. The van der Waals surface area contributed by atoms with Crippen LogP contribution in [0.2, 0.25) is 10.0 Å². The van der Waals surface area contributed by atoms with Crippen LogP contribution in [-0.2, 0) is 28.3 Å². The van der Waals surface area contributed by atoms with Crippen LogP contribution in [0.5, 0.6) is 0 Å². The maximum absolute atomic E-state index is 12.8. The molecule has 0 spiro atoms. The van der Waals surface area contributed by atoms with Crippen LogP contribution in [0, 0.1) is 13.8 Å². The Morgan fingerprint density at radius 3 is 2.31 bits per heavy atom. The summed E-state index contributed by atoms with van der Waals surface area (Å²) < 4.78 is 28.9. The Kier molecular flexibility index (Phi) is 6.57. The van der Waals surface area contributed by atoms with E-state index in [1.165, 1.54) is 22.5 Å². The SMILES string of the molecule is Cc1nn(C)c(C)c1CCC(=O)N1CCN(S(=O)(=O)c2ccc(Cl)c(Cl)c2)CC1. The molecule has 7 nitrogen and oxygen atoms in total. The van der Waals surface area contributed by atoms with Crippen molar-refractivity contribution in [3.05, 3.63) is 45.2 Å². The van der Waals surface area contributed by atoms with Crippen LogP contribution in [0.4, 0.5) is 0 Å². The van der Waals surface area contributed by atoms with E-state index in [1.807, 2.05) is 25.6 Å². The first-order valence-electron chi connectivity index (χ1n) is 9.33. The van der Waals surface area contributed by atoms with Gasteiger partial charge in [0.25, 0.3) is 0 Å². The number of hydrogen-bond donors (Lipinski definition) is 0. The highest BCUT2D eigenvalue weighted by Crippen LogP contribution is 2.27. The van der Waals surface area contributed by atoms with Crippen molar-refractivity contribution in [1.82, 2.24) is 19.0 Å². The maximum atomic E-state index is 12.8. The van der Waals surface area contributed by atoms with Crippen LogP contribution in [0.25, 0.3) is 0 Å². The molecule has 3 rings (SSSR count). The van der Waals surface area contributed by atoms with Crippen molar-refractivity contribution in [1.29, 1.82) is 0 Å². The number of sulfonamides is 1. The summed E-state index contributed by atoms with van der Waals surface area (Å²) >= 11 is 11.8. The summed E-state index contributed by atoms with van der Waals surface area (Å²) in [7, 11) is -1.78. The molecule has 0 saturated carbocycles. The lowest BCUT2D eigenvalue weighted by Gasteiger charge is -2.34. The summed E-state index contributed by atoms with van der Waals surface area (Å²) in [5, 5.41) is 4.88. The minimum atomic E-state index is -3.67. The van der Waals surface area contributed by atoms with Gasteiger partial charge in [0, 0.05) is 45.3 Å². The second kappa shape index (κ2) is 8.63. The number of carbonyl (C=O) groups is 1. The number of piperazine rings is 1. The summed E-state index contributed by atoms with van der Waals surface area (Å²) in [5.74, 6) is 0.0271. The molecule has 1 aliphatic rings. The second-order valence-electron chi connectivity index (χ2n) is 7.13. The van der Waals surface area contributed by atoms with Crippen molar-refractivity contribution in [2.24, 2.45) is 7.05 Å². The molecule has 1 aromatic carbocycles. The normalized spacial score (nSPS) is 15.7. The van der Waals surface area contributed by atoms with Gasteiger partial charge in [-0.05, 0) is 44.0 Å². The quantitative estimate of drug-likeness (QED) is 0.689. The second-order valence-corrected chi connectivity index (χ2v) is 9.89. The maximum Gasteiger partial charge on any atom is 0.243 e. The number of benzene rings is 1. The first-order chi connectivity index (χ1) is 13.6. The smallest absolute Gasteiger partial charge is 0.243 e. The molecular formula is C19H24Cl2N4O3S. The van der Waals surface area contributed by atoms with Crippen LogP contribution in [0.1, 0.15) is 23.4 Å². The first-order valence-corrected chi connectivity index (χ1v) is 11.5. The molecular weight excluding hydrogens is 435 g/mol. The van der Waals surface area contributed by atoms with E-state index in [4.69, 9.17) is 23.2 Å². The Morgan fingerprint density at radius 1 is 1.10 bits per heavy atom. The van der Waals surface area contributed by atoms with E-state index in [0.29, 0.717) is 31.0 Å². The number of carbonyl (C=O) groups excluding carboxylic acids is 1. The molecule has 10 heteroatoms. The molecule has 0 unspecified atom stereocenters. The number of halogens is 2. The number of amides is 1. The van der Waals surface area contributed by atoms with E-state index in [0.717, 1.165) is 17.0 Å². The summed E-state index contributed by atoms with van der Waals surface area (Å²) in [4.78, 5) is 14.4. The number of aromatic nitrogens is 2. The van der Waals surface area contributed by atoms with E-state index in [9.17, 15) is 13.2 Å². The molecule has 1 aliphatic heterocycles. The van der Waals surface area contributed by atoms with Crippen molar-refractivity contribution in [2.45, 2.75) is 31.6 Å². The predicted molar refractivity (Wildman–Crippen MR) is 113 cm³/mol. The van der Waals surface area contributed by atoms with E-state index >= 15 is 0 Å². The van der Waals surface area contributed by atoms with Gasteiger partial charge >= 0.3 is 0 Å². The van der Waals surface area contributed by atoms with Gasteiger partial charge in [-0.1, -0.05) is 23.2 Å². The lowest BCUT2D eigenvalue weighted by Crippen LogP contribution is -2.50. The number of rotatable bonds is 5. The largest absolute Gasteiger partial charge is 0.340 e. The molecule has 0 radical (unpaired) electrons. The van der Waals surface area contributed by atoms with Gasteiger partial charge in [-0.25, -0.2) is 8.42 Å². The number of hydrogen-bond acceptors (Lipinski definition) is 4. The van der Waals surface area contributed by atoms with E-state index in [1.54, 1.807) is 4.90 Å². The Labute approximate surface area is 181 Å². The molecule has 1 fully saturated rings.